The molecule has 0 radical (unpaired) electrons. The fraction of sp³-hybridized carbons (Fsp3) is 0.429. The third-order valence-electron chi connectivity index (χ3n) is 2.69. The van der Waals surface area contributed by atoms with Gasteiger partial charge in [0.2, 0.25) is 0 Å². The quantitative estimate of drug-likeness (QED) is 0.876. The molecule has 0 bridgehead atoms. The van der Waals surface area contributed by atoms with Crippen LogP contribution in [0.1, 0.15) is 22.8 Å². The Balaban J connectivity index is 2.37. The number of nitrogens with one attached hydrogen (secondary N) is 2. The van der Waals surface area contributed by atoms with Crippen LogP contribution in [0.15, 0.2) is 24.3 Å². The monoisotopic (exact) mass is 318 g/mol. The molecular formula is C14H17F3N2O3. The molecule has 0 aliphatic rings. The van der Waals surface area contributed by atoms with Crippen molar-refractivity contribution in [3.8, 4) is 0 Å². The Morgan fingerprint density at radius 3 is 2.50 bits per heavy atom. The molecule has 0 aromatic heterocycles. The van der Waals surface area contributed by atoms with E-state index in [2.05, 4.69) is 15.4 Å². The highest BCUT2D eigenvalue weighted by Crippen LogP contribution is 2.14. The largest absolute Gasteiger partial charge is 0.440 e. The molecule has 2 N–H and O–H groups in total. The van der Waals surface area contributed by atoms with E-state index in [9.17, 15) is 22.8 Å². The summed E-state index contributed by atoms with van der Waals surface area (Å²) in [6, 6.07) is 6.38. The van der Waals surface area contributed by atoms with Crippen LogP contribution in [0.2, 0.25) is 0 Å². The molecule has 1 unspecified atom stereocenters. The fourth-order valence-corrected chi connectivity index (χ4v) is 1.61. The number of rotatable bonds is 5. The van der Waals surface area contributed by atoms with Gasteiger partial charge in [0.05, 0.1) is 0 Å². The maximum Gasteiger partial charge on any atom is 0.422 e. The number of carbonyl (C=O) groups excluding carboxylic acids is 2. The zero-order chi connectivity index (χ0) is 16.8. The summed E-state index contributed by atoms with van der Waals surface area (Å²) in [6.07, 6.45) is -5.76. The number of alkyl halides is 3. The van der Waals surface area contributed by atoms with E-state index < -0.39 is 24.9 Å². The van der Waals surface area contributed by atoms with Crippen molar-refractivity contribution in [2.24, 2.45) is 0 Å². The van der Waals surface area contributed by atoms with Gasteiger partial charge in [0.15, 0.2) is 6.61 Å². The predicted octanol–water partition coefficient (Wildman–Crippen LogP) is 2.40. The summed E-state index contributed by atoms with van der Waals surface area (Å²) < 4.78 is 39.6. The number of aryl methyl sites for hydroxylation is 1. The first-order valence-electron chi connectivity index (χ1n) is 6.53. The molecule has 5 nitrogen and oxygen atoms in total. The van der Waals surface area contributed by atoms with Crippen molar-refractivity contribution in [1.82, 2.24) is 10.6 Å². The number of halogens is 3. The van der Waals surface area contributed by atoms with Gasteiger partial charge in [-0.05, 0) is 25.5 Å². The Hall–Kier alpha value is -2.25. The zero-order valence-corrected chi connectivity index (χ0v) is 12.2. The van der Waals surface area contributed by atoms with E-state index in [1.807, 2.05) is 0 Å². The molecule has 1 aromatic carbocycles. The van der Waals surface area contributed by atoms with Gasteiger partial charge in [-0.25, -0.2) is 4.79 Å². The Kier molecular flexibility index (Phi) is 6.21. The molecule has 0 aliphatic heterocycles. The minimum atomic E-state index is -4.57. The molecule has 0 fully saturated rings. The van der Waals surface area contributed by atoms with Gasteiger partial charge in [-0.1, -0.05) is 18.2 Å². The van der Waals surface area contributed by atoms with Gasteiger partial charge in [-0.2, -0.15) is 13.2 Å². The highest BCUT2D eigenvalue weighted by molar-refractivity contribution is 5.95. The number of benzene rings is 1. The fourth-order valence-electron chi connectivity index (χ4n) is 1.61. The number of hydrogen-bond donors (Lipinski definition) is 2. The molecule has 0 saturated carbocycles. The van der Waals surface area contributed by atoms with Gasteiger partial charge in [-0.3, -0.25) is 4.79 Å². The summed E-state index contributed by atoms with van der Waals surface area (Å²) in [5.41, 5.74) is 1.29. The lowest BCUT2D eigenvalue weighted by molar-refractivity contribution is -0.160. The standard InChI is InChI=1S/C14H17F3N2O3/c1-9-5-3-4-6-11(9)12(20)18-7-10(2)19-13(21)22-8-14(15,16)17/h3-6,10H,7-8H2,1-2H3,(H,18,20)(H,19,21). The predicted molar refractivity (Wildman–Crippen MR) is 73.5 cm³/mol. The molecule has 0 heterocycles. The molecule has 122 valence electrons. The lowest BCUT2D eigenvalue weighted by Gasteiger charge is -2.16. The van der Waals surface area contributed by atoms with Gasteiger partial charge in [-0.15, -0.1) is 0 Å². The Morgan fingerprint density at radius 2 is 1.91 bits per heavy atom. The normalized spacial score (nSPS) is 12.4. The van der Waals surface area contributed by atoms with E-state index in [0.29, 0.717) is 5.56 Å². The van der Waals surface area contributed by atoms with Crippen molar-refractivity contribution in [3.63, 3.8) is 0 Å². The summed E-state index contributed by atoms with van der Waals surface area (Å²) >= 11 is 0. The number of carbonyl (C=O) groups is 2. The first kappa shape index (κ1) is 17.8. The van der Waals surface area contributed by atoms with E-state index in [4.69, 9.17) is 0 Å². The van der Waals surface area contributed by atoms with Gasteiger partial charge in [0.25, 0.3) is 5.91 Å². The van der Waals surface area contributed by atoms with E-state index in [1.165, 1.54) is 6.92 Å². The van der Waals surface area contributed by atoms with E-state index in [1.54, 1.807) is 31.2 Å². The van der Waals surface area contributed by atoms with E-state index >= 15 is 0 Å². The van der Waals surface area contributed by atoms with Crippen LogP contribution in [0, 0.1) is 6.92 Å². The van der Waals surface area contributed by atoms with Crippen molar-refractivity contribution >= 4 is 12.0 Å². The molecule has 1 rings (SSSR count). The highest BCUT2D eigenvalue weighted by Gasteiger charge is 2.29. The first-order chi connectivity index (χ1) is 10.2. The molecule has 0 spiro atoms. The molecular weight excluding hydrogens is 301 g/mol. The van der Waals surface area contributed by atoms with Gasteiger partial charge >= 0.3 is 12.3 Å². The second-order valence-electron chi connectivity index (χ2n) is 4.76. The maximum atomic E-state index is 11.9. The lowest BCUT2D eigenvalue weighted by atomic mass is 10.1. The third-order valence-corrected chi connectivity index (χ3v) is 2.69. The second kappa shape index (κ2) is 7.67. The Morgan fingerprint density at radius 1 is 1.27 bits per heavy atom. The molecule has 8 heteroatoms. The van der Waals surface area contributed by atoms with Crippen LogP contribution >= 0.6 is 0 Å². The van der Waals surface area contributed by atoms with Crippen LogP contribution in [-0.2, 0) is 4.74 Å². The Labute approximate surface area is 125 Å². The van der Waals surface area contributed by atoms with Gasteiger partial charge in [0.1, 0.15) is 0 Å². The molecule has 0 aliphatic carbocycles. The van der Waals surface area contributed by atoms with Crippen LogP contribution < -0.4 is 10.6 Å². The van der Waals surface area contributed by atoms with E-state index in [0.717, 1.165) is 5.56 Å². The van der Waals surface area contributed by atoms with Crippen molar-refractivity contribution in [3.05, 3.63) is 35.4 Å². The maximum absolute atomic E-state index is 11.9. The van der Waals surface area contributed by atoms with E-state index in [-0.39, 0.29) is 12.5 Å². The smallest absolute Gasteiger partial charge is 0.422 e. The first-order valence-corrected chi connectivity index (χ1v) is 6.53. The van der Waals surface area contributed by atoms with Crippen molar-refractivity contribution in [2.75, 3.05) is 13.2 Å². The van der Waals surface area contributed by atoms with Gasteiger partial charge in [0, 0.05) is 18.2 Å². The van der Waals surface area contributed by atoms with Crippen molar-refractivity contribution in [2.45, 2.75) is 26.1 Å². The minimum Gasteiger partial charge on any atom is -0.440 e. The number of amides is 2. The second-order valence-corrected chi connectivity index (χ2v) is 4.76. The zero-order valence-electron chi connectivity index (χ0n) is 12.2. The SMILES string of the molecule is Cc1ccccc1C(=O)NCC(C)NC(=O)OCC(F)(F)F. The Bertz CT molecular complexity index is 532. The summed E-state index contributed by atoms with van der Waals surface area (Å²) in [5.74, 6) is -0.324. The van der Waals surface area contributed by atoms with Crippen LogP contribution in [0.25, 0.3) is 0 Å². The minimum absolute atomic E-state index is 0.0638. The molecule has 1 aromatic rings. The van der Waals surface area contributed by atoms with Crippen molar-refractivity contribution in [1.29, 1.82) is 0 Å². The average Bonchev–Trinajstić information content (AvgIpc) is 2.42. The molecule has 22 heavy (non-hydrogen) atoms. The average molecular weight is 318 g/mol. The van der Waals surface area contributed by atoms with Crippen molar-refractivity contribution < 1.29 is 27.5 Å². The molecule has 1 atom stereocenters. The highest BCUT2D eigenvalue weighted by atomic mass is 19.4. The lowest BCUT2D eigenvalue weighted by Crippen LogP contribution is -2.42. The van der Waals surface area contributed by atoms with Crippen LogP contribution in [-0.4, -0.2) is 37.4 Å². The van der Waals surface area contributed by atoms with Crippen LogP contribution in [0.4, 0.5) is 18.0 Å². The number of alkyl carbamates (subject to hydrolysis) is 1. The summed E-state index contributed by atoms with van der Waals surface area (Å²) in [4.78, 5) is 23.0. The molecule has 2 amide bonds. The summed E-state index contributed by atoms with van der Waals surface area (Å²) in [6.45, 7) is 1.73. The van der Waals surface area contributed by atoms with Gasteiger partial charge < -0.3 is 15.4 Å². The van der Waals surface area contributed by atoms with Crippen LogP contribution in [0.5, 0.6) is 0 Å². The number of hydrogen-bond acceptors (Lipinski definition) is 3. The topological polar surface area (TPSA) is 67.4 Å². The summed E-state index contributed by atoms with van der Waals surface area (Å²) in [5, 5.41) is 4.78. The number of ether oxygens (including phenoxy) is 1. The van der Waals surface area contributed by atoms with Crippen LogP contribution in [0.3, 0.4) is 0 Å². The summed E-state index contributed by atoms with van der Waals surface area (Å²) in [7, 11) is 0. The third kappa shape index (κ3) is 6.47. The molecule has 0 saturated heterocycles.